The summed E-state index contributed by atoms with van der Waals surface area (Å²) in [7, 11) is 0. The van der Waals surface area contributed by atoms with Crippen LogP contribution in [-0.4, -0.2) is 99.7 Å². The van der Waals surface area contributed by atoms with E-state index in [2.05, 4.69) is 10.6 Å². The van der Waals surface area contributed by atoms with Crippen LogP contribution in [0.1, 0.15) is 42.7 Å². The number of benzene rings is 3. The number of carbonyl (C=O) groups excluding carboxylic acids is 7. The molecule has 6 amide bonds. The summed E-state index contributed by atoms with van der Waals surface area (Å²) >= 11 is 1.24. The molecule has 2 fully saturated rings. The molecule has 3 atom stereocenters. The predicted octanol–water partition coefficient (Wildman–Crippen LogP) is 2.26. The highest BCUT2D eigenvalue weighted by Crippen LogP contribution is 2.42. The SMILES string of the molecule is CCN1CCN(C(=O)N[C@@H](C(=O)N[C@@H]2C(=O)N3C(C(=O)OC(c4ccccc4)c4ccccc4)=C(COC(C)=O)CS[C@H]23)c2ccc(N)cc2)C(=O)C1=O. The number of hydrogen-bond donors (Lipinski definition) is 3. The minimum Gasteiger partial charge on any atom is -0.461 e. The number of nitrogens with one attached hydrogen (secondary N) is 2. The Kier molecular flexibility index (Phi) is 11.3. The maximum atomic E-state index is 14.1. The van der Waals surface area contributed by atoms with Crippen LogP contribution in [0.3, 0.4) is 0 Å². The topological polar surface area (TPSA) is 198 Å². The number of anilines is 1. The summed E-state index contributed by atoms with van der Waals surface area (Å²) in [6.07, 6.45) is -0.835. The molecular weight excluding hydrogens is 717 g/mol. The molecule has 3 aromatic carbocycles. The maximum absolute atomic E-state index is 14.1. The second-order valence-corrected chi connectivity index (χ2v) is 13.7. The highest BCUT2D eigenvalue weighted by Gasteiger charge is 2.55. The lowest BCUT2D eigenvalue weighted by atomic mass is 10.00. The smallest absolute Gasteiger partial charge is 0.356 e. The molecule has 0 spiro atoms. The van der Waals surface area contributed by atoms with Crippen molar-refractivity contribution in [3.05, 3.63) is 113 Å². The van der Waals surface area contributed by atoms with Crippen molar-refractivity contribution < 1.29 is 43.0 Å². The van der Waals surface area contributed by atoms with Gasteiger partial charge in [0.25, 0.3) is 5.91 Å². The van der Waals surface area contributed by atoms with Gasteiger partial charge in [-0.2, -0.15) is 0 Å². The van der Waals surface area contributed by atoms with E-state index in [1.165, 1.54) is 52.8 Å². The van der Waals surface area contributed by atoms with Gasteiger partial charge in [0, 0.05) is 43.6 Å². The number of likely N-dealkylation sites (N-methyl/N-ethyl adjacent to an activating group) is 1. The summed E-state index contributed by atoms with van der Waals surface area (Å²) in [6.45, 7) is 3.03. The average Bonchev–Trinajstić information content (AvgIpc) is 3.18. The molecule has 3 aromatic rings. The minimum atomic E-state index is -1.40. The number of esters is 2. The van der Waals surface area contributed by atoms with Crippen LogP contribution in [0.15, 0.2) is 96.2 Å². The highest BCUT2D eigenvalue weighted by molar-refractivity contribution is 8.00. The maximum Gasteiger partial charge on any atom is 0.356 e. The van der Waals surface area contributed by atoms with Gasteiger partial charge in [-0.05, 0) is 35.7 Å². The van der Waals surface area contributed by atoms with Crippen molar-refractivity contribution in [3.63, 3.8) is 0 Å². The Morgan fingerprint density at radius 1 is 0.870 bits per heavy atom. The zero-order valence-electron chi connectivity index (χ0n) is 29.4. The van der Waals surface area contributed by atoms with Crippen LogP contribution < -0.4 is 16.4 Å². The molecule has 0 aromatic heterocycles. The van der Waals surface area contributed by atoms with Crippen molar-refractivity contribution in [2.45, 2.75) is 37.4 Å². The van der Waals surface area contributed by atoms with E-state index >= 15 is 0 Å². The summed E-state index contributed by atoms with van der Waals surface area (Å²) < 4.78 is 11.4. The number of amides is 6. The molecule has 54 heavy (non-hydrogen) atoms. The van der Waals surface area contributed by atoms with E-state index in [0.29, 0.717) is 34.5 Å². The number of thioether (sulfide) groups is 1. The number of hydrogen-bond acceptors (Lipinski definition) is 11. The van der Waals surface area contributed by atoms with Gasteiger partial charge in [-0.25, -0.2) is 9.59 Å². The van der Waals surface area contributed by atoms with Crippen LogP contribution >= 0.6 is 11.8 Å². The van der Waals surface area contributed by atoms with Gasteiger partial charge in [0.1, 0.15) is 29.8 Å². The third kappa shape index (κ3) is 7.78. The number of nitrogen functional groups attached to an aromatic ring is 1. The van der Waals surface area contributed by atoms with Crippen molar-refractivity contribution >= 4 is 59.0 Å². The third-order valence-electron chi connectivity index (χ3n) is 9.15. The molecule has 4 N–H and O–H groups in total. The monoisotopic (exact) mass is 754 g/mol. The van der Waals surface area contributed by atoms with E-state index in [9.17, 15) is 33.6 Å². The number of fused-ring (bicyclic) bond motifs is 1. The van der Waals surface area contributed by atoms with Crippen LogP contribution in [0.25, 0.3) is 0 Å². The molecule has 0 saturated carbocycles. The number of ether oxygens (including phenoxy) is 2. The highest BCUT2D eigenvalue weighted by atomic mass is 32.2. The van der Waals surface area contributed by atoms with Crippen molar-refractivity contribution in [1.82, 2.24) is 25.3 Å². The first-order valence-corrected chi connectivity index (χ1v) is 18.2. The lowest BCUT2D eigenvalue weighted by Crippen LogP contribution is -2.71. The molecule has 2 saturated heterocycles. The Morgan fingerprint density at radius 3 is 2.09 bits per heavy atom. The molecule has 3 heterocycles. The Hall–Kier alpha value is -6.16. The van der Waals surface area contributed by atoms with Gasteiger partial charge in [-0.15, -0.1) is 11.8 Å². The Labute approximate surface area is 314 Å². The quantitative estimate of drug-likeness (QED) is 0.112. The van der Waals surface area contributed by atoms with E-state index < -0.39 is 65.2 Å². The predicted molar refractivity (Wildman–Crippen MR) is 196 cm³/mol. The molecule has 16 heteroatoms. The zero-order valence-corrected chi connectivity index (χ0v) is 30.2. The van der Waals surface area contributed by atoms with Crippen LogP contribution in [0, 0.1) is 0 Å². The number of urea groups is 1. The van der Waals surface area contributed by atoms with Gasteiger partial charge in [-0.1, -0.05) is 72.8 Å². The Balaban J connectivity index is 1.24. The van der Waals surface area contributed by atoms with Crippen LogP contribution in [-0.2, 0) is 38.2 Å². The fraction of sp³-hybridized carbons (Fsp3) is 0.289. The van der Waals surface area contributed by atoms with Crippen molar-refractivity contribution in [3.8, 4) is 0 Å². The lowest BCUT2D eigenvalue weighted by Gasteiger charge is -2.50. The fourth-order valence-electron chi connectivity index (χ4n) is 6.32. The molecule has 280 valence electrons. The summed E-state index contributed by atoms with van der Waals surface area (Å²) in [5, 5.41) is 4.48. The standard InChI is InChI=1S/C38H38N6O9S/c1-3-42-18-19-43(35(49)34(42)48)38(51)41-28(23-14-16-27(39)17-15-23)32(46)40-29-33(47)44-30(26(20-52-22(2)45)21-54-36(29)44)37(50)53-31(24-10-6-4-7-11-24)25-12-8-5-9-13-25/h4-17,28-29,31,36H,3,18-21,39H2,1-2H3,(H,40,46)(H,41,51)/t28-,29-,36-/m1/s1. The number of imide groups is 1. The number of nitrogens with zero attached hydrogens (tertiary/aromatic N) is 3. The summed E-state index contributed by atoms with van der Waals surface area (Å²) in [4.78, 5) is 95.7. The second kappa shape index (κ2) is 16.2. The number of piperazine rings is 1. The fourth-order valence-corrected chi connectivity index (χ4v) is 7.64. The van der Waals surface area contributed by atoms with Gasteiger partial charge in [-0.3, -0.25) is 33.8 Å². The van der Waals surface area contributed by atoms with Crippen LogP contribution in [0.5, 0.6) is 0 Å². The van der Waals surface area contributed by atoms with Gasteiger partial charge < -0.3 is 30.7 Å². The molecule has 6 rings (SSSR count). The molecule has 0 aliphatic carbocycles. The number of rotatable bonds is 11. The zero-order chi connectivity index (χ0) is 38.5. The Bertz CT molecular complexity index is 1950. The van der Waals surface area contributed by atoms with Gasteiger partial charge in [0.2, 0.25) is 5.91 Å². The van der Waals surface area contributed by atoms with Crippen LogP contribution in [0.4, 0.5) is 10.5 Å². The molecule has 3 aliphatic heterocycles. The third-order valence-corrected chi connectivity index (χ3v) is 10.5. The van der Waals surface area contributed by atoms with Gasteiger partial charge in [0.05, 0.1) is 0 Å². The van der Waals surface area contributed by atoms with E-state index in [4.69, 9.17) is 15.2 Å². The summed E-state index contributed by atoms with van der Waals surface area (Å²) in [6, 6.07) is 20.7. The molecule has 15 nitrogen and oxygen atoms in total. The minimum absolute atomic E-state index is 0.0780. The number of carbonyl (C=O) groups is 7. The lowest BCUT2D eigenvalue weighted by molar-refractivity contribution is -0.155. The first kappa shape index (κ1) is 37.6. The number of nitrogens with two attached hydrogens (primary N) is 1. The van der Waals surface area contributed by atoms with Crippen molar-refractivity contribution in [2.75, 3.05) is 37.7 Å². The largest absolute Gasteiger partial charge is 0.461 e. The van der Waals surface area contributed by atoms with E-state index in [0.717, 1.165) is 4.90 Å². The first-order chi connectivity index (χ1) is 26.0. The summed E-state index contributed by atoms with van der Waals surface area (Å²) in [5.74, 6) is -4.53. The molecule has 0 bridgehead atoms. The van der Waals surface area contributed by atoms with Crippen molar-refractivity contribution in [2.24, 2.45) is 0 Å². The first-order valence-electron chi connectivity index (χ1n) is 17.2. The van der Waals surface area contributed by atoms with E-state index in [1.54, 1.807) is 6.92 Å². The normalized spacial score (nSPS) is 18.8. The Morgan fingerprint density at radius 2 is 1.50 bits per heavy atom. The van der Waals surface area contributed by atoms with E-state index in [1.807, 2.05) is 60.7 Å². The van der Waals surface area contributed by atoms with Gasteiger partial charge >= 0.3 is 29.8 Å². The van der Waals surface area contributed by atoms with Crippen LogP contribution in [0.2, 0.25) is 0 Å². The van der Waals surface area contributed by atoms with Crippen molar-refractivity contribution in [1.29, 1.82) is 0 Å². The molecular formula is C38H38N6O9S. The second-order valence-electron chi connectivity index (χ2n) is 12.6. The van der Waals surface area contributed by atoms with Gasteiger partial charge in [0.15, 0.2) is 6.10 Å². The van der Waals surface area contributed by atoms with E-state index in [-0.39, 0.29) is 31.1 Å². The number of β-lactam (4-membered cyclic amide) rings is 1. The molecule has 0 unspecified atom stereocenters. The molecule has 0 radical (unpaired) electrons. The summed E-state index contributed by atoms with van der Waals surface area (Å²) in [5.41, 5.74) is 8.18. The molecule has 3 aliphatic rings. The average molecular weight is 755 g/mol.